The normalized spacial score (nSPS) is 53.8. The van der Waals surface area contributed by atoms with Crippen LogP contribution in [0.5, 0.6) is 0 Å². The summed E-state index contributed by atoms with van der Waals surface area (Å²) in [6, 6.07) is 0. The van der Waals surface area contributed by atoms with Crippen molar-refractivity contribution in [2.24, 2.45) is 11.8 Å². The van der Waals surface area contributed by atoms with Crippen molar-refractivity contribution >= 4 is 5.97 Å². The Balaban J connectivity index is 0.886. The van der Waals surface area contributed by atoms with Crippen LogP contribution < -0.4 is 0 Å². The Bertz CT molecular complexity index is 1740. The van der Waals surface area contributed by atoms with Gasteiger partial charge in [-0.05, 0) is 75.9 Å². The van der Waals surface area contributed by atoms with Gasteiger partial charge in [0.15, 0.2) is 11.6 Å². The summed E-state index contributed by atoms with van der Waals surface area (Å²) in [5.41, 5.74) is 2.16. The van der Waals surface area contributed by atoms with Crippen molar-refractivity contribution in [2.45, 2.75) is 226 Å². The fraction of sp³-hybridized carbons (Fsp3) is 0.851. The van der Waals surface area contributed by atoms with Gasteiger partial charge in [0.25, 0.3) is 0 Å². The van der Waals surface area contributed by atoms with Crippen molar-refractivity contribution in [1.82, 2.24) is 0 Å². The lowest BCUT2D eigenvalue weighted by atomic mass is 9.79. The standard InChI is InChI=1S/C47H66O14/c1-8-15-49-47-22-46-14-13-29-17-24(3)30(51-29)11-9-27-16-23(2)25(4)32(52-27)19-34-39(26(5)38-35(54-34)20-33-36(56-38)21-50-45(6,7)58-33)57-37(48)18-28-10-12-31-40(53-28)41(59-46)42(60-47)43(55-31)44(47)61-46/h8,23,26-36,38-44H,1,3-4,9-22H2,2,5-7H3/t23-,26+,27+,28-,29?,30+,31+,32?,33-,34?,35+,36-,38+,39-,40+,41+,42+,43-,44-,46-,47?/m1/s1. The third-order valence-electron chi connectivity index (χ3n) is 15.9. The summed E-state index contributed by atoms with van der Waals surface area (Å²) in [5.74, 6) is -3.00. The first-order chi connectivity index (χ1) is 29.3. The minimum Gasteiger partial charge on any atom is -0.459 e. The average molecular weight is 855 g/mol. The number of esters is 1. The predicted molar refractivity (Wildman–Crippen MR) is 215 cm³/mol. The van der Waals surface area contributed by atoms with Crippen molar-refractivity contribution in [2.75, 3.05) is 13.2 Å². The largest absolute Gasteiger partial charge is 0.459 e. The van der Waals surface area contributed by atoms with Crippen molar-refractivity contribution in [3.8, 4) is 0 Å². The molecule has 0 saturated carbocycles. The van der Waals surface area contributed by atoms with E-state index in [-0.39, 0.29) is 85.3 Å². The van der Waals surface area contributed by atoms with Gasteiger partial charge < -0.3 is 61.6 Å². The summed E-state index contributed by atoms with van der Waals surface area (Å²) in [5, 5.41) is 0. The molecular weight excluding hydrogens is 789 g/mol. The molecule has 12 bridgehead atoms. The lowest BCUT2D eigenvalue weighted by molar-refractivity contribution is -0.356. The maximum atomic E-state index is 14.3. The van der Waals surface area contributed by atoms with Gasteiger partial charge in [-0.25, -0.2) is 0 Å². The zero-order valence-electron chi connectivity index (χ0n) is 36.3. The Labute approximate surface area is 359 Å². The number of carbonyl (C=O) groups is 1. The van der Waals surface area contributed by atoms with Gasteiger partial charge in [-0.1, -0.05) is 33.1 Å². The number of ether oxygens (including phenoxy) is 13. The molecule has 0 aliphatic carbocycles. The Hall–Kier alpha value is -1.79. The molecule has 338 valence electrons. The second kappa shape index (κ2) is 15.7. The molecule has 12 saturated heterocycles. The summed E-state index contributed by atoms with van der Waals surface area (Å²) in [4.78, 5) is 14.3. The number of rotatable bonds is 3. The minimum atomic E-state index is -1.03. The Morgan fingerprint density at radius 1 is 0.689 bits per heavy atom. The highest BCUT2D eigenvalue weighted by Gasteiger charge is 2.75. The van der Waals surface area contributed by atoms with E-state index in [1.807, 2.05) is 13.8 Å². The molecule has 0 amide bonds. The smallest absolute Gasteiger partial charge is 0.308 e. The Morgan fingerprint density at radius 2 is 1.46 bits per heavy atom. The second-order valence-corrected chi connectivity index (χ2v) is 20.5. The van der Waals surface area contributed by atoms with E-state index in [4.69, 9.17) is 61.6 Å². The van der Waals surface area contributed by atoms with Crippen LogP contribution in [0.2, 0.25) is 0 Å². The van der Waals surface area contributed by atoms with Gasteiger partial charge in [0.2, 0.25) is 5.79 Å². The van der Waals surface area contributed by atoms with Crippen molar-refractivity contribution in [3.05, 3.63) is 37.0 Å². The van der Waals surface area contributed by atoms with Gasteiger partial charge >= 0.3 is 5.97 Å². The first kappa shape index (κ1) is 41.9. The molecule has 12 aliphatic heterocycles. The van der Waals surface area contributed by atoms with Crippen molar-refractivity contribution in [3.63, 3.8) is 0 Å². The summed E-state index contributed by atoms with van der Waals surface area (Å²) < 4.78 is 87.3. The summed E-state index contributed by atoms with van der Waals surface area (Å²) in [7, 11) is 0. The number of hydrogen-bond donors (Lipinski definition) is 0. The monoisotopic (exact) mass is 854 g/mol. The molecule has 0 aromatic rings. The highest BCUT2D eigenvalue weighted by Crippen LogP contribution is 2.59. The molecule has 14 nitrogen and oxygen atoms in total. The molecule has 0 aromatic heterocycles. The fourth-order valence-electron chi connectivity index (χ4n) is 12.9. The van der Waals surface area contributed by atoms with Crippen molar-refractivity contribution in [1.29, 1.82) is 0 Å². The van der Waals surface area contributed by atoms with Crippen LogP contribution in [-0.4, -0.2) is 140 Å². The molecule has 4 unspecified atom stereocenters. The fourth-order valence-corrected chi connectivity index (χ4v) is 12.9. The van der Waals surface area contributed by atoms with Gasteiger partial charge in [0.05, 0.1) is 87.1 Å². The molecule has 21 atom stereocenters. The number of carbonyl (C=O) groups excluding carboxylic acids is 1. The molecule has 1 spiro atoms. The van der Waals surface area contributed by atoms with Crippen LogP contribution in [0.4, 0.5) is 0 Å². The van der Waals surface area contributed by atoms with Crippen LogP contribution in [0, 0.1) is 11.8 Å². The van der Waals surface area contributed by atoms with Gasteiger partial charge in [-0.2, -0.15) is 0 Å². The maximum Gasteiger partial charge on any atom is 0.308 e. The summed E-state index contributed by atoms with van der Waals surface area (Å²) in [6.07, 6.45) is 3.99. The van der Waals surface area contributed by atoms with Crippen LogP contribution in [0.25, 0.3) is 0 Å². The lowest BCUT2D eigenvalue weighted by Crippen LogP contribution is -2.64. The third-order valence-corrected chi connectivity index (χ3v) is 15.9. The van der Waals surface area contributed by atoms with E-state index in [0.717, 1.165) is 43.3 Å². The van der Waals surface area contributed by atoms with Crippen LogP contribution in [0.15, 0.2) is 37.0 Å². The van der Waals surface area contributed by atoms with E-state index in [9.17, 15) is 4.79 Å². The molecule has 12 rings (SSSR count). The maximum absolute atomic E-state index is 14.3. The Morgan fingerprint density at radius 3 is 2.31 bits per heavy atom. The molecular formula is C47H66O14. The first-order valence-corrected chi connectivity index (χ1v) is 23.4. The molecule has 0 N–H and O–H groups in total. The van der Waals surface area contributed by atoms with Gasteiger partial charge in [-0.15, -0.1) is 6.58 Å². The van der Waals surface area contributed by atoms with E-state index in [1.165, 1.54) is 0 Å². The number of fused-ring (bicyclic) bond motifs is 8. The zero-order chi connectivity index (χ0) is 42.0. The van der Waals surface area contributed by atoms with Crippen molar-refractivity contribution < 1.29 is 66.4 Å². The highest BCUT2D eigenvalue weighted by atomic mass is 16.8. The molecule has 12 aliphatic rings. The third kappa shape index (κ3) is 7.44. The molecule has 14 heteroatoms. The zero-order valence-corrected chi connectivity index (χ0v) is 36.3. The van der Waals surface area contributed by atoms with E-state index in [2.05, 4.69) is 33.6 Å². The van der Waals surface area contributed by atoms with Gasteiger partial charge in [0, 0.05) is 25.2 Å². The van der Waals surface area contributed by atoms with Gasteiger partial charge in [-0.3, -0.25) is 4.79 Å². The van der Waals surface area contributed by atoms with Crippen LogP contribution in [-0.2, 0) is 66.4 Å². The molecule has 0 aromatic carbocycles. The second-order valence-electron chi connectivity index (χ2n) is 20.5. The highest BCUT2D eigenvalue weighted by molar-refractivity contribution is 5.70. The predicted octanol–water partition coefficient (Wildman–Crippen LogP) is 5.53. The van der Waals surface area contributed by atoms with Crippen LogP contribution >= 0.6 is 0 Å². The van der Waals surface area contributed by atoms with Crippen LogP contribution in [0.3, 0.4) is 0 Å². The minimum absolute atomic E-state index is 0.00681. The van der Waals surface area contributed by atoms with Gasteiger partial charge in [0.1, 0.15) is 42.7 Å². The summed E-state index contributed by atoms with van der Waals surface area (Å²) >= 11 is 0. The van der Waals surface area contributed by atoms with Crippen LogP contribution in [0.1, 0.15) is 105 Å². The van der Waals surface area contributed by atoms with E-state index in [1.54, 1.807) is 6.08 Å². The average Bonchev–Trinajstić information content (AvgIpc) is 3.77. The molecule has 61 heavy (non-hydrogen) atoms. The first-order valence-electron chi connectivity index (χ1n) is 23.4. The van der Waals surface area contributed by atoms with E-state index in [0.29, 0.717) is 51.7 Å². The number of hydrogen-bond acceptors (Lipinski definition) is 14. The quantitative estimate of drug-likeness (QED) is 0.260. The van der Waals surface area contributed by atoms with E-state index < -0.39 is 60.1 Å². The topological polar surface area (TPSA) is 137 Å². The molecule has 12 heterocycles. The molecule has 0 radical (unpaired) electrons. The lowest BCUT2D eigenvalue weighted by Gasteiger charge is -2.53. The van der Waals surface area contributed by atoms with E-state index >= 15 is 0 Å². The molecule has 12 fully saturated rings. The Kier molecular flexibility index (Phi) is 10.8. The SMILES string of the molecule is C=CCOC12C[C@]34CCC5CC(=C)[C@H](CC[C@H]6C[C@@H](C)C(=C)C(CC7O[C@H]8C[C@H]9OC(C)(C)OC[C@H]9O[C@H]8[C@H](C)[C@H]7OC(=O)C[C@H]7CC[C@@H]8O[C@H]([C@@H](O1)[C@@H](O3)[C@H]8O7)[C@H]2O4)O6)O5. The summed E-state index contributed by atoms with van der Waals surface area (Å²) in [6.45, 7) is 21.9.